The standard InChI is InChI=1S/C30H36FN7O3.C4H6O2/c1-5-38(19(2)3)29(39)22-12-20(31)6-7-25(22)41-28-27(33-18-34-35-28)37-16-30(17-37)13-21(14-30)40-26-8-10-32-24-9-11-36(4)15-23(24)26;1-2-6-4-3-5-1/h6-8,10,12,18-19,21H,5,9,11,13-17H2,1-4H3;1-2H,3-4H2. The fourth-order valence-corrected chi connectivity index (χ4v) is 6.61. The Morgan fingerprint density at radius 3 is 2.57 bits per heavy atom. The van der Waals surface area contributed by atoms with Crippen molar-refractivity contribution in [2.45, 2.75) is 58.7 Å². The molecule has 12 nitrogen and oxygen atoms in total. The zero-order chi connectivity index (χ0) is 33.0. The first kappa shape index (κ1) is 32.4. The summed E-state index contributed by atoms with van der Waals surface area (Å²) in [5.41, 5.74) is 2.65. The fraction of sp³-hybridized carbons (Fsp3) is 0.500. The van der Waals surface area contributed by atoms with Crippen LogP contribution in [-0.2, 0) is 22.4 Å². The lowest BCUT2D eigenvalue weighted by molar-refractivity contribution is -0.0352. The topological polar surface area (TPSA) is 115 Å². The number of hydrogen-bond donors (Lipinski definition) is 0. The Hall–Kier alpha value is -4.52. The molecule has 0 bridgehead atoms. The molecule has 2 fully saturated rings. The molecule has 1 aromatic carbocycles. The number of likely N-dealkylation sites (N-methyl/N-ethyl adjacent to an activating group) is 1. The van der Waals surface area contributed by atoms with Gasteiger partial charge < -0.3 is 33.6 Å². The first-order valence-electron chi connectivity index (χ1n) is 16.2. The number of rotatable bonds is 8. The third-order valence-corrected chi connectivity index (χ3v) is 8.97. The number of carbonyl (C=O) groups excluding carboxylic acids is 1. The molecular weight excluding hydrogens is 605 g/mol. The molecule has 0 N–H and O–H groups in total. The third-order valence-electron chi connectivity index (χ3n) is 8.97. The molecule has 1 saturated carbocycles. The number of halogens is 1. The molecule has 1 amide bonds. The summed E-state index contributed by atoms with van der Waals surface area (Å²) in [5, 5.41) is 8.09. The van der Waals surface area contributed by atoms with Crippen LogP contribution in [0.25, 0.3) is 0 Å². The van der Waals surface area contributed by atoms with Crippen LogP contribution >= 0.6 is 0 Å². The number of carbonyl (C=O) groups is 1. The van der Waals surface area contributed by atoms with Crippen molar-refractivity contribution >= 4 is 11.7 Å². The molecular formula is C34H42FN7O5. The van der Waals surface area contributed by atoms with Crippen LogP contribution in [-0.4, -0.2) is 94.5 Å². The van der Waals surface area contributed by atoms with Crippen molar-refractivity contribution in [1.29, 1.82) is 0 Å². The van der Waals surface area contributed by atoms with Gasteiger partial charge >= 0.3 is 0 Å². The van der Waals surface area contributed by atoms with E-state index in [1.54, 1.807) is 17.4 Å². The molecule has 1 saturated heterocycles. The molecule has 3 aliphatic heterocycles. The Morgan fingerprint density at radius 1 is 1.13 bits per heavy atom. The SMILES string of the molecule is C1=COCCO1.CCN(C(=O)c1cc(F)ccc1Oc1nncnc1N1CC2(CC(Oc3ccnc4c3CN(C)CC4)C2)C1)C(C)C. The summed E-state index contributed by atoms with van der Waals surface area (Å²) >= 11 is 0. The van der Waals surface area contributed by atoms with Gasteiger partial charge in [0, 0.05) is 68.1 Å². The molecule has 7 rings (SSSR count). The number of fused-ring (bicyclic) bond motifs is 1. The van der Waals surface area contributed by atoms with E-state index in [0.717, 1.165) is 56.9 Å². The number of anilines is 1. The largest absolute Gasteiger partial charge is 0.494 e. The van der Waals surface area contributed by atoms with Crippen molar-refractivity contribution in [3.8, 4) is 17.4 Å². The molecule has 3 aromatic rings. The van der Waals surface area contributed by atoms with Crippen LogP contribution < -0.4 is 14.4 Å². The molecule has 5 heterocycles. The lowest BCUT2D eigenvalue weighted by atomic mass is 9.61. The first-order chi connectivity index (χ1) is 22.7. The molecule has 1 spiro atoms. The maximum atomic E-state index is 14.2. The van der Waals surface area contributed by atoms with E-state index in [2.05, 4.69) is 37.0 Å². The Bertz CT molecular complexity index is 1580. The lowest BCUT2D eigenvalue weighted by Gasteiger charge is -2.58. The second-order valence-corrected chi connectivity index (χ2v) is 12.8. The number of amides is 1. The maximum Gasteiger partial charge on any atom is 0.282 e. The number of ether oxygens (including phenoxy) is 4. The number of nitrogens with zero attached hydrogens (tertiary/aromatic N) is 7. The zero-order valence-corrected chi connectivity index (χ0v) is 27.4. The Kier molecular flexibility index (Phi) is 9.71. The second kappa shape index (κ2) is 14.1. The van der Waals surface area contributed by atoms with Crippen molar-refractivity contribution in [1.82, 2.24) is 30.0 Å². The predicted molar refractivity (Wildman–Crippen MR) is 172 cm³/mol. The maximum absolute atomic E-state index is 14.2. The van der Waals surface area contributed by atoms with E-state index in [1.807, 2.05) is 33.0 Å². The van der Waals surface area contributed by atoms with Crippen molar-refractivity contribution in [2.24, 2.45) is 5.41 Å². The van der Waals surface area contributed by atoms with Crippen molar-refractivity contribution in [3.05, 3.63) is 72.0 Å². The van der Waals surface area contributed by atoms with E-state index in [0.29, 0.717) is 25.6 Å². The molecule has 0 radical (unpaired) electrons. The summed E-state index contributed by atoms with van der Waals surface area (Å²) in [7, 11) is 2.13. The average molecular weight is 648 g/mol. The monoisotopic (exact) mass is 647 g/mol. The van der Waals surface area contributed by atoms with Crippen molar-refractivity contribution in [3.63, 3.8) is 0 Å². The number of aromatic nitrogens is 4. The van der Waals surface area contributed by atoms with Crippen LogP contribution in [0.1, 0.15) is 55.2 Å². The number of hydrogen-bond acceptors (Lipinski definition) is 11. The second-order valence-electron chi connectivity index (χ2n) is 12.8. The lowest BCUT2D eigenvalue weighted by Crippen LogP contribution is -2.65. The summed E-state index contributed by atoms with van der Waals surface area (Å²) in [6, 6.07) is 5.87. The molecule has 0 unspecified atom stereocenters. The van der Waals surface area contributed by atoms with Gasteiger partial charge in [-0.1, -0.05) is 0 Å². The highest BCUT2D eigenvalue weighted by atomic mass is 19.1. The molecule has 47 heavy (non-hydrogen) atoms. The van der Waals surface area contributed by atoms with Gasteiger partial charge in [-0.15, -0.1) is 10.2 Å². The predicted octanol–water partition coefficient (Wildman–Crippen LogP) is 4.61. The Balaban J connectivity index is 0.000000580. The van der Waals surface area contributed by atoms with Crippen LogP contribution in [0.2, 0.25) is 0 Å². The third kappa shape index (κ3) is 7.24. The van der Waals surface area contributed by atoms with E-state index >= 15 is 0 Å². The molecule has 250 valence electrons. The number of pyridine rings is 1. The normalized spacial score (nSPS) is 18.1. The van der Waals surface area contributed by atoms with Gasteiger partial charge in [-0.2, -0.15) is 0 Å². The van der Waals surface area contributed by atoms with Crippen LogP contribution in [0, 0.1) is 11.2 Å². The first-order valence-corrected chi connectivity index (χ1v) is 16.2. The summed E-state index contributed by atoms with van der Waals surface area (Å²) in [6.45, 7) is 11.1. The minimum absolute atomic E-state index is 0.0461. The van der Waals surface area contributed by atoms with E-state index < -0.39 is 5.82 Å². The average Bonchev–Trinajstić information content (AvgIpc) is 3.04. The zero-order valence-electron chi connectivity index (χ0n) is 27.4. The van der Waals surface area contributed by atoms with Gasteiger partial charge in [0.15, 0.2) is 5.82 Å². The molecule has 13 heteroatoms. The summed E-state index contributed by atoms with van der Waals surface area (Å²) < 4.78 is 36.3. The van der Waals surface area contributed by atoms with Crippen molar-refractivity contribution < 1.29 is 28.1 Å². The fourth-order valence-electron chi connectivity index (χ4n) is 6.61. The minimum atomic E-state index is -0.510. The van der Waals surface area contributed by atoms with Gasteiger partial charge in [-0.05, 0) is 64.9 Å². The number of benzene rings is 1. The Labute approximate surface area is 274 Å². The smallest absolute Gasteiger partial charge is 0.282 e. The van der Waals surface area contributed by atoms with Gasteiger partial charge in [-0.3, -0.25) is 9.78 Å². The molecule has 2 aromatic heterocycles. The Morgan fingerprint density at radius 2 is 1.89 bits per heavy atom. The van der Waals surface area contributed by atoms with Gasteiger partial charge in [0.1, 0.15) is 55.5 Å². The van der Waals surface area contributed by atoms with Gasteiger partial charge in [0.2, 0.25) is 0 Å². The summed E-state index contributed by atoms with van der Waals surface area (Å²) in [5.74, 6) is 1.11. The van der Waals surface area contributed by atoms with Crippen LogP contribution in [0.5, 0.6) is 17.4 Å². The summed E-state index contributed by atoms with van der Waals surface area (Å²) in [6.07, 6.45) is 9.38. The van der Waals surface area contributed by atoms with Crippen LogP contribution in [0.4, 0.5) is 10.2 Å². The molecule has 4 aliphatic rings. The molecule has 1 aliphatic carbocycles. The van der Waals surface area contributed by atoms with E-state index in [4.69, 9.17) is 18.9 Å². The highest BCUT2D eigenvalue weighted by Gasteiger charge is 2.54. The van der Waals surface area contributed by atoms with E-state index in [1.165, 1.54) is 30.1 Å². The van der Waals surface area contributed by atoms with Crippen molar-refractivity contribution in [2.75, 3.05) is 51.3 Å². The van der Waals surface area contributed by atoms with Gasteiger partial charge in [0.05, 0.1) is 5.56 Å². The van der Waals surface area contributed by atoms with E-state index in [-0.39, 0.29) is 40.7 Å². The van der Waals surface area contributed by atoms with E-state index in [9.17, 15) is 9.18 Å². The highest BCUT2D eigenvalue weighted by molar-refractivity contribution is 5.97. The quantitative estimate of drug-likeness (QED) is 0.342. The van der Waals surface area contributed by atoms with Crippen LogP contribution in [0.15, 0.2) is 49.3 Å². The van der Waals surface area contributed by atoms with Gasteiger partial charge in [-0.25, -0.2) is 9.37 Å². The molecule has 0 atom stereocenters. The highest BCUT2D eigenvalue weighted by Crippen LogP contribution is 2.52. The van der Waals surface area contributed by atoms with Crippen LogP contribution in [0.3, 0.4) is 0 Å². The van der Waals surface area contributed by atoms with Gasteiger partial charge in [0.25, 0.3) is 11.8 Å². The summed E-state index contributed by atoms with van der Waals surface area (Å²) in [4.78, 5) is 28.3. The minimum Gasteiger partial charge on any atom is -0.494 e.